The number of para-hydroxylation sites is 1. The first-order chi connectivity index (χ1) is 9.53. The van der Waals surface area contributed by atoms with Crippen molar-refractivity contribution in [2.45, 2.75) is 5.75 Å². The van der Waals surface area contributed by atoms with Gasteiger partial charge in [0.25, 0.3) is 0 Å². The zero-order valence-electron chi connectivity index (χ0n) is 11.0. The smallest absolute Gasteiger partial charge is 0.151 e. The molecule has 0 aliphatic heterocycles. The molecule has 1 heterocycles. The van der Waals surface area contributed by atoms with Gasteiger partial charge in [-0.3, -0.25) is 0 Å². The molecule has 3 rings (SSSR count). The van der Waals surface area contributed by atoms with Crippen LogP contribution >= 0.6 is 0 Å². The van der Waals surface area contributed by atoms with Crippen LogP contribution < -0.4 is 0 Å². The van der Waals surface area contributed by atoms with Crippen molar-refractivity contribution in [1.82, 2.24) is 9.97 Å². The average Bonchev–Trinajstić information content (AvgIpc) is 2.85. The summed E-state index contributed by atoms with van der Waals surface area (Å²) < 4.78 is 22.8. The third-order valence-corrected chi connectivity index (χ3v) is 3.97. The number of aromatic nitrogens is 2. The molecule has 0 spiro atoms. The number of hydrogen-bond donors (Lipinski definition) is 1. The number of fused-ring (bicyclic) bond motifs is 1. The molecule has 1 aromatic heterocycles. The second kappa shape index (κ2) is 4.76. The van der Waals surface area contributed by atoms with Gasteiger partial charge in [0, 0.05) is 11.8 Å². The number of benzene rings is 2. The van der Waals surface area contributed by atoms with Gasteiger partial charge >= 0.3 is 0 Å². The first kappa shape index (κ1) is 12.9. The molecule has 5 heteroatoms. The highest BCUT2D eigenvalue weighted by atomic mass is 32.2. The molecule has 102 valence electrons. The average molecular weight is 286 g/mol. The minimum Gasteiger partial charge on any atom is -0.345 e. The van der Waals surface area contributed by atoms with Crippen molar-refractivity contribution in [2.24, 2.45) is 0 Å². The number of nitrogens with one attached hydrogen (secondary N) is 1. The first-order valence-electron chi connectivity index (χ1n) is 6.22. The van der Waals surface area contributed by atoms with Crippen LogP contribution in [0, 0.1) is 0 Å². The highest BCUT2D eigenvalue weighted by Gasteiger charge is 2.09. The molecular weight excluding hydrogens is 272 g/mol. The standard InChI is InChI=1S/C15H14N2O2S/c1-20(18,19)9-11-4-2-5-12(8-11)13-6-3-7-14-15(13)17-10-16-14/h2-8,10H,9H2,1H3,(H,16,17). The predicted molar refractivity (Wildman–Crippen MR) is 80.1 cm³/mol. The maximum absolute atomic E-state index is 11.4. The Morgan fingerprint density at radius 3 is 2.75 bits per heavy atom. The lowest BCUT2D eigenvalue weighted by molar-refractivity contribution is 0.601. The quantitative estimate of drug-likeness (QED) is 0.805. The van der Waals surface area contributed by atoms with Crippen molar-refractivity contribution in [1.29, 1.82) is 0 Å². The van der Waals surface area contributed by atoms with Crippen LogP contribution in [0.2, 0.25) is 0 Å². The van der Waals surface area contributed by atoms with Gasteiger partial charge in [-0.05, 0) is 17.2 Å². The van der Waals surface area contributed by atoms with E-state index in [1.807, 2.05) is 42.5 Å². The van der Waals surface area contributed by atoms with Crippen molar-refractivity contribution in [2.75, 3.05) is 6.26 Å². The molecule has 0 amide bonds. The van der Waals surface area contributed by atoms with E-state index in [0.717, 1.165) is 27.7 Å². The van der Waals surface area contributed by atoms with E-state index in [-0.39, 0.29) is 5.75 Å². The minimum absolute atomic E-state index is 0.0530. The number of hydrogen-bond acceptors (Lipinski definition) is 3. The van der Waals surface area contributed by atoms with E-state index in [0.29, 0.717) is 0 Å². The molecule has 0 saturated heterocycles. The third kappa shape index (κ3) is 2.58. The topological polar surface area (TPSA) is 62.8 Å². The molecule has 0 aliphatic carbocycles. The number of imidazole rings is 1. The molecule has 0 aliphatic rings. The Balaban J connectivity index is 2.11. The van der Waals surface area contributed by atoms with E-state index in [1.165, 1.54) is 6.26 Å². The molecule has 0 bridgehead atoms. The van der Waals surface area contributed by atoms with Gasteiger partial charge in [-0.1, -0.05) is 36.4 Å². The van der Waals surface area contributed by atoms with Crippen molar-refractivity contribution in [3.8, 4) is 11.1 Å². The number of sulfone groups is 1. The van der Waals surface area contributed by atoms with Crippen LogP contribution in [0.1, 0.15) is 5.56 Å². The Bertz CT molecular complexity index is 866. The summed E-state index contributed by atoms with van der Waals surface area (Å²) in [5, 5.41) is 0. The van der Waals surface area contributed by atoms with Gasteiger partial charge in [-0.25, -0.2) is 13.4 Å². The lowest BCUT2D eigenvalue weighted by atomic mass is 10.0. The summed E-state index contributed by atoms with van der Waals surface area (Å²) in [5.74, 6) is 0.0530. The van der Waals surface area contributed by atoms with E-state index in [4.69, 9.17) is 0 Å². The van der Waals surface area contributed by atoms with Gasteiger partial charge in [0.15, 0.2) is 9.84 Å². The Hall–Kier alpha value is -2.14. The molecule has 4 nitrogen and oxygen atoms in total. The molecule has 0 fully saturated rings. The normalized spacial score (nSPS) is 11.8. The summed E-state index contributed by atoms with van der Waals surface area (Å²) in [6.45, 7) is 0. The SMILES string of the molecule is CS(=O)(=O)Cc1cccc(-c2cccc3[nH]cnc23)c1. The zero-order chi connectivity index (χ0) is 14.2. The fraction of sp³-hybridized carbons (Fsp3) is 0.133. The molecule has 3 aromatic rings. The molecular formula is C15H14N2O2S. The monoisotopic (exact) mass is 286 g/mol. The van der Waals surface area contributed by atoms with Crippen molar-refractivity contribution in [3.05, 3.63) is 54.4 Å². The van der Waals surface area contributed by atoms with Gasteiger partial charge in [0.2, 0.25) is 0 Å². The lowest BCUT2D eigenvalue weighted by Crippen LogP contribution is -2.00. The molecule has 20 heavy (non-hydrogen) atoms. The van der Waals surface area contributed by atoms with Gasteiger partial charge in [-0.2, -0.15) is 0 Å². The summed E-state index contributed by atoms with van der Waals surface area (Å²) in [6, 6.07) is 13.5. The van der Waals surface area contributed by atoms with Crippen LogP contribution in [-0.2, 0) is 15.6 Å². The molecule has 2 aromatic carbocycles. The van der Waals surface area contributed by atoms with E-state index in [9.17, 15) is 8.42 Å². The second-order valence-electron chi connectivity index (χ2n) is 4.87. The van der Waals surface area contributed by atoms with Gasteiger partial charge in [0.1, 0.15) is 0 Å². The zero-order valence-corrected chi connectivity index (χ0v) is 11.8. The van der Waals surface area contributed by atoms with Crippen LogP contribution in [0.25, 0.3) is 22.2 Å². The maximum Gasteiger partial charge on any atom is 0.151 e. The number of nitrogens with zero attached hydrogens (tertiary/aromatic N) is 1. The highest BCUT2D eigenvalue weighted by Crippen LogP contribution is 2.27. The van der Waals surface area contributed by atoms with Gasteiger partial charge in [0.05, 0.1) is 23.1 Å². The molecule has 0 saturated carbocycles. The largest absolute Gasteiger partial charge is 0.345 e. The Kier molecular flexibility index (Phi) is 3.06. The van der Waals surface area contributed by atoms with Crippen LogP contribution in [0.15, 0.2) is 48.8 Å². The second-order valence-corrected chi connectivity index (χ2v) is 7.01. The van der Waals surface area contributed by atoms with Crippen LogP contribution in [0.3, 0.4) is 0 Å². The van der Waals surface area contributed by atoms with Crippen LogP contribution in [0.5, 0.6) is 0 Å². The van der Waals surface area contributed by atoms with Crippen molar-refractivity contribution < 1.29 is 8.42 Å². The van der Waals surface area contributed by atoms with E-state index in [1.54, 1.807) is 6.33 Å². The highest BCUT2D eigenvalue weighted by molar-refractivity contribution is 7.89. The minimum atomic E-state index is -3.03. The molecule has 0 atom stereocenters. The van der Waals surface area contributed by atoms with Crippen molar-refractivity contribution in [3.63, 3.8) is 0 Å². The fourth-order valence-corrected chi connectivity index (χ4v) is 3.11. The number of rotatable bonds is 3. The van der Waals surface area contributed by atoms with Crippen molar-refractivity contribution >= 4 is 20.9 Å². The fourth-order valence-electron chi connectivity index (χ4n) is 2.33. The summed E-state index contributed by atoms with van der Waals surface area (Å²) in [6.07, 6.45) is 2.91. The maximum atomic E-state index is 11.4. The first-order valence-corrected chi connectivity index (χ1v) is 8.28. The molecule has 1 N–H and O–H groups in total. The summed E-state index contributed by atoms with van der Waals surface area (Å²) in [4.78, 5) is 7.40. The summed E-state index contributed by atoms with van der Waals surface area (Å²) in [7, 11) is -3.03. The predicted octanol–water partition coefficient (Wildman–Crippen LogP) is 2.77. The number of aromatic amines is 1. The van der Waals surface area contributed by atoms with E-state index < -0.39 is 9.84 Å². The van der Waals surface area contributed by atoms with Gasteiger partial charge < -0.3 is 4.98 Å². The van der Waals surface area contributed by atoms with Gasteiger partial charge in [-0.15, -0.1) is 0 Å². The number of H-pyrrole nitrogens is 1. The lowest BCUT2D eigenvalue weighted by Gasteiger charge is -2.06. The van der Waals surface area contributed by atoms with Crippen LogP contribution in [0.4, 0.5) is 0 Å². The molecule has 0 radical (unpaired) electrons. The summed E-state index contributed by atoms with van der Waals surface area (Å²) >= 11 is 0. The Labute approximate surface area is 117 Å². The Morgan fingerprint density at radius 1 is 1.15 bits per heavy atom. The van der Waals surface area contributed by atoms with E-state index >= 15 is 0 Å². The van der Waals surface area contributed by atoms with E-state index in [2.05, 4.69) is 9.97 Å². The molecule has 0 unspecified atom stereocenters. The van der Waals surface area contributed by atoms with Crippen LogP contribution in [-0.4, -0.2) is 24.6 Å². The summed E-state index contributed by atoms with van der Waals surface area (Å²) in [5.41, 5.74) is 4.63. The third-order valence-electron chi connectivity index (χ3n) is 3.12. The Morgan fingerprint density at radius 2 is 1.95 bits per heavy atom.